The van der Waals surface area contributed by atoms with Crippen molar-refractivity contribution in [2.24, 2.45) is 0 Å². The van der Waals surface area contributed by atoms with E-state index < -0.39 is 12.1 Å². The van der Waals surface area contributed by atoms with Crippen molar-refractivity contribution >= 4 is 17.5 Å². The minimum Gasteiger partial charge on any atom is -0.388 e. The van der Waals surface area contributed by atoms with E-state index in [1.165, 1.54) is 0 Å². The van der Waals surface area contributed by atoms with Gasteiger partial charge in [0.15, 0.2) is 0 Å². The Morgan fingerprint density at radius 3 is 2.40 bits per heavy atom. The van der Waals surface area contributed by atoms with Crippen LogP contribution in [-0.2, 0) is 9.59 Å². The Morgan fingerprint density at radius 2 is 1.76 bits per heavy atom. The van der Waals surface area contributed by atoms with Crippen molar-refractivity contribution in [1.82, 2.24) is 5.32 Å². The molecule has 1 saturated heterocycles. The van der Waals surface area contributed by atoms with E-state index in [0.29, 0.717) is 12.0 Å². The van der Waals surface area contributed by atoms with Gasteiger partial charge in [-0.05, 0) is 31.0 Å². The second-order valence-electron chi connectivity index (χ2n) is 6.38. The number of amides is 2. The Labute approximate surface area is 147 Å². The Kier molecular flexibility index (Phi) is 5.14. The SMILES string of the molecule is CC1CC(NC(=O)CC(O)c2ccccc2)C(=O)N1c1ccccc1. The predicted molar refractivity (Wildman–Crippen MR) is 96.0 cm³/mol. The van der Waals surface area contributed by atoms with Gasteiger partial charge in [-0.15, -0.1) is 0 Å². The van der Waals surface area contributed by atoms with Crippen LogP contribution >= 0.6 is 0 Å². The number of anilines is 1. The molecule has 25 heavy (non-hydrogen) atoms. The zero-order chi connectivity index (χ0) is 17.8. The van der Waals surface area contributed by atoms with Gasteiger partial charge in [0.05, 0.1) is 12.5 Å². The lowest BCUT2D eigenvalue weighted by Crippen LogP contribution is -2.42. The van der Waals surface area contributed by atoms with Gasteiger partial charge < -0.3 is 15.3 Å². The minimum absolute atomic E-state index is 0.0132. The summed E-state index contributed by atoms with van der Waals surface area (Å²) in [7, 11) is 0. The van der Waals surface area contributed by atoms with Gasteiger partial charge in [0, 0.05) is 11.7 Å². The number of hydrogen-bond donors (Lipinski definition) is 2. The van der Waals surface area contributed by atoms with Crippen molar-refractivity contribution in [3.8, 4) is 0 Å². The summed E-state index contributed by atoms with van der Waals surface area (Å²) in [5, 5.41) is 12.9. The molecule has 0 spiro atoms. The van der Waals surface area contributed by atoms with Gasteiger partial charge in [0.2, 0.25) is 11.8 Å². The largest absolute Gasteiger partial charge is 0.388 e. The quantitative estimate of drug-likeness (QED) is 0.880. The first-order chi connectivity index (χ1) is 12.1. The highest BCUT2D eigenvalue weighted by Gasteiger charge is 2.38. The Balaban J connectivity index is 1.61. The molecule has 1 aliphatic heterocycles. The van der Waals surface area contributed by atoms with Gasteiger partial charge in [-0.2, -0.15) is 0 Å². The van der Waals surface area contributed by atoms with Crippen molar-refractivity contribution in [3.05, 3.63) is 66.2 Å². The van der Waals surface area contributed by atoms with Crippen molar-refractivity contribution in [3.63, 3.8) is 0 Å². The molecule has 0 saturated carbocycles. The second kappa shape index (κ2) is 7.49. The van der Waals surface area contributed by atoms with Gasteiger partial charge in [-0.1, -0.05) is 48.5 Å². The first-order valence-corrected chi connectivity index (χ1v) is 8.46. The summed E-state index contributed by atoms with van der Waals surface area (Å²) in [5.74, 6) is -0.432. The molecule has 0 aliphatic carbocycles. The third-order valence-electron chi connectivity index (χ3n) is 4.49. The first kappa shape index (κ1) is 17.2. The molecular weight excluding hydrogens is 316 g/mol. The van der Waals surface area contributed by atoms with Crippen molar-refractivity contribution < 1.29 is 14.7 Å². The fourth-order valence-corrected chi connectivity index (χ4v) is 3.25. The third kappa shape index (κ3) is 3.88. The number of nitrogens with zero attached hydrogens (tertiary/aromatic N) is 1. The lowest BCUT2D eigenvalue weighted by molar-refractivity contribution is -0.127. The molecule has 1 aliphatic rings. The predicted octanol–water partition coefficient (Wildman–Crippen LogP) is 2.42. The molecule has 0 aromatic heterocycles. The summed E-state index contributed by atoms with van der Waals surface area (Å²) in [5.41, 5.74) is 1.52. The van der Waals surface area contributed by atoms with Gasteiger partial charge in [-0.3, -0.25) is 9.59 Å². The molecule has 0 radical (unpaired) electrons. The molecule has 5 heteroatoms. The number of benzene rings is 2. The Bertz CT molecular complexity index is 733. The molecule has 2 aromatic rings. The number of nitrogens with one attached hydrogen (secondary N) is 1. The van der Waals surface area contributed by atoms with Crippen LogP contribution in [0.4, 0.5) is 5.69 Å². The number of para-hydroxylation sites is 1. The molecular formula is C20H22N2O3. The van der Waals surface area contributed by atoms with Crippen LogP contribution in [0.15, 0.2) is 60.7 Å². The molecule has 5 nitrogen and oxygen atoms in total. The molecule has 3 unspecified atom stereocenters. The minimum atomic E-state index is -0.875. The van der Waals surface area contributed by atoms with E-state index in [1.54, 1.807) is 17.0 Å². The van der Waals surface area contributed by atoms with Gasteiger partial charge in [0.25, 0.3) is 0 Å². The van der Waals surface area contributed by atoms with Crippen molar-refractivity contribution in [2.75, 3.05) is 4.90 Å². The molecule has 130 valence electrons. The van der Waals surface area contributed by atoms with E-state index in [-0.39, 0.29) is 24.3 Å². The Morgan fingerprint density at radius 1 is 1.16 bits per heavy atom. The number of carbonyl (C=O) groups excluding carboxylic acids is 2. The third-order valence-corrected chi connectivity index (χ3v) is 4.49. The highest BCUT2D eigenvalue weighted by atomic mass is 16.3. The summed E-state index contributed by atoms with van der Waals surface area (Å²) < 4.78 is 0. The fraction of sp³-hybridized carbons (Fsp3) is 0.300. The molecule has 2 aromatic carbocycles. The number of hydrogen-bond acceptors (Lipinski definition) is 3. The van der Waals surface area contributed by atoms with Crippen LogP contribution in [0.25, 0.3) is 0 Å². The highest BCUT2D eigenvalue weighted by molar-refractivity contribution is 6.02. The maximum atomic E-state index is 12.7. The maximum absolute atomic E-state index is 12.7. The normalized spacial score (nSPS) is 21.2. The van der Waals surface area contributed by atoms with Gasteiger partial charge >= 0.3 is 0 Å². The van der Waals surface area contributed by atoms with Crippen LogP contribution in [0.5, 0.6) is 0 Å². The standard InChI is InChI=1S/C20H22N2O3/c1-14-12-17(20(25)22(14)16-10-6-3-7-11-16)21-19(24)13-18(23)15-8-4-2-5-9-15/h2-11,14,17-18,23H,12-13H2,1H3,(H,21,24). The highest BCUT2D eigenvalue weighted by Crippen LogP contribution is 2.26. The lowest BCUT2D eigenvalue weighted by Gasteiger charge is -2.21. The number of rotatable bonds is 5. The van der Waals surface area contributed by atoms with Crippen LogP contribution in [0, 0.1) is 0 Å². The van der Waals surface area contributed by atoms with Crippen LogP contribution in [-0.4, -0.2) is 29.0 Å². The van der Waals surface area contributed by atoms with E-state index in [2.05, 4.69) is 5.32 Å². The van der Waals surface area contributed by atoms with E-state index >= 15 is 0 Å². The Hall–Kier alpha value is -2.66. The second-order valence-corrected chi connectivity index (χ2v) is 6.38. The van der Waals surface area contributed by atoms with Crippen LogP contribution in [0.2, 0.25) is 0 Å². The number of aliphatic hydroxyl groups excluding tert-OH is 1. The van der Waals surface area contributed by atoms with Gasteiger partial charge in [-0.25, -0.2) is 0 Å². The molecule has 1 heterocycles. The fourth-order valence-electron chi connectivity index (χ4n) is 3.25. The monoisotopic (exact) mass is 338 g/mol. The molecule has 3 atom stereocenters. The summed E-state index contributed by atoms with van der Waals surface area (Å²) in [4.78, 5) is 26.6. The van der Waals surface area contributed by atoms with Crippen LogP contribution < -0.4 is 10.2 Å². The van der Waals surface area contributed by atoms with E-state index in [9.17, 15) is 14.7 Å². The van der Waals surface area contributed by atoms with Gasteiger partial charge in [0.1, 0.15) is 6.04 Å². The topological polar surface area (TPSA) is 69.6 Å². The summed E-state index contributed by atoms with van der Waals surface area (Å²) in [6, 6.07) is 17.9. The first-order valence-electron chi connectivity index (χ1n) is 8.46. The lowest BCUT2D eigenvalue weighted by atomic mass is 10.1. The average Bonchev–Trinajstić information content (AvgIpc) is 2.89. The summed E-state index contributed by atoms with van der Waals surface area (Å²) in [6.07, 6.45) is -0.380. The van der Waals surface area contributed by atoms with E-state index in [4.69, 9.17) is 0 Å². The average molecular weight is 338 g/mol. The van der Waals surface area contributed by atoms with E-state index in [0.717, 1.165) is 5.69 Å². The zero-order valence-corrected chi connectivity index (χ0v) is 14.1. The summed E-state index contributed by atoms with van der Waals surface area (Å²) >= 11 is 0. The van der Waals surface area contributed by atoms with Crippen molar-refractivity contribution in [1.29, 1.82) is 0 Å². The number of aliphatic hydroxyl groups is 1. The maximum Gasteiger partial charge on any atom is 0.249 e. The molecule has 0 bridgehead atoms. The molecule has 3 rings (SSSR count). The smallest absolute Gasteiger partial charge is 0.249 e. The van der Waals surface area contributed by atoms with Crippen LogP contribution in [0.1, 0.15) is 31.4 Å². The molecule has 2 N–H and O–H groups in total. The zero-order valence-electron chi connectivity index (χ0n) is 14.1. The van der Waals surface area contributed by atoms with Crippen molar-refractivity contribution in [2.45, 2.75) is 38.0 Å². The summed E-state index contributed by atoms with van der Waals surface area (Å²) in [6.45, 7) is 1.97. The van der Waals surface area contributed by atoms with Crippen LogP contribution in [0.3, 0.4) is 0 Å². The number of carbonyl (C=O) groups is 2. The molecule has 2 amide bonds. The molecule has 1 fully saturated rings. The van der Waals surface area contributed by atoms with E-state index in [1.807, 2.05) is 55.5 Å².